The summed E-state index contributed by atoms with van der Waals surface area (Å²) in [5, 5.41) is 8.57. The molecule has 1 aromatic carbocycles. The van der Waals surface area contributed by atoms with Gasteiger partial charge < -0.3 is 20.3 Å². The summed E-state index contributed by atoms with van der Waals surface area (Å²) in [6.45, 7) is 0. The van der Waals surface area contributed by atoms with Gasteiger partial charge in [0.15, 0.2) is 11.5 Å². The largest absolute Gasteiger partial charge is 0.586 e. The highest BCUT2D eigenvalue weighted by atomic mass is 35.5. The van der Waals surface area contributed by atoms with Crippen LogP contribution < -0.4 is 15.2 Å². The first-order valence-corrected chi connectivity index (χ1v) is 4.74. The molecule has 0 bridgehead atoms. The number of ether oxygens (including phenoxy) is 2. The standard InChI is InChI=1S/C10H9F2NO4.ClH/c11-10(12)16-7-2-1-5(3-8(7)17-10)6(13)4-9(14)15;/h1-3,6H,4,13H2,(H,14,15);1H. The first-order chi connectivity index (χ1) is 7.87. The summed E-state index contributed by atoms with van der Waals surface area (Å²) in [5.41, 5.74) is 5.99. The van der Waals surface area contributed by atoms with E-state index in [4.69, 9.17) is 10.8 Å². The van der Waals surface area contributed by atoms with Gasteiger partial charge in [-0.05, 0) is 17.7 Å². The Morgan fingerprint density at radius 2 is 2.00 bits per heavy atom. The molecule has 2 rings (SSSR count). The first-order valence-electron chi connectivity index (χ1n) is 4.74. The lowest BCUT2D eigenvalue weighted by Gasteiger charge is -2.09. The molecule has 8 heteroatoms. The molecule has 1 aliphatic heterocycles. The van der Waals surface area contributed by atoms with Gasteiger partial charge in [0.1, 0.15) is 0 Å². The zero-order valence-corrected chi connectivity index (χ0v) is 9.75. The van der Waals surface area contributed by atoms with E-state index in [2.05, 4.69) is 9.47 Å². The maximum atomic E-state index is 12.7. The second kappa shape index (κ2) is 4.95. The Hall–Kier alpha value is -1.60. The van der Waals surface area contributed by atoms with E-state index in [0.29, 0.717) is 5.56 Å². The molecule has 1 atom stereocenters. The van der Waals surface area contributed by atoms with E-state index in [1.807, 2.05) is 0 Å². The predicted octanol–water partition coefficient (Wildman–Crippen LogP) is 1.90. The normalized spacial score (nSPS) is 16.8. The van der Waals surface area contributed by atoms with Crippen LogP contribution in [0.4, 0.5) is 8.78 Å². The second-order valence-electron chi connectivity index (χ2n) is 3.58. The highest BCUT2D eigenvalue weighted by molar-refractivity contribution is 5.85. The molecule has 0 spiro atoms. The molecule has 5 nitrogen and oxygen atoms in total. The molecule has 1 aromatic rings. The summed E-state index contributed by atoms with van der Waals surface area (Å²) < 4.78 is 33.8. The highest BCUT2D eigenvalue weighted by Gasteiger charge is 2.43. The SMILES string of the molecule is Cl.NC(CC(=O)O)c1ccc2c(c1)OC(F)(F)O2. The molecule has 0 aromatic heterocycles. The number of alkyl halides is 2. The molecule has 0 aliphatic carbocycles. The van der Waals surface area contributed by atoms with E-state index < -0.39 is 18.3 Å². The summed E-state index contributed by atoms with van der Waals surface area (Å²) in [4.78, 5) is 10.5. The van der Waals surface area contributed by atoms with Crippen molar-refractivity contribution in [2.24, 2.45) is 5.73 Å². The number of carboxylic acids is 1. The summed E-state index contributed by atoms with van der Waals surface area (Å²) >= 11 is 0. The van der Waals surface area contributed by atoms with Gasteiger partial charge in [-0.15, -0.1) is 21.2 Å². The van der Waals surface area contributed by atoms with Crippen molar-refractivity contribution in [2.75, 3.05) is 0 Å². The third-order valence-electron chi connectivity index (χ3n) is 2.25. The second-order valence-corrected chi connectivity index (χ2v) is 3.58. The van der Waals surface area contributed by atoms with Gasteiger partial charge in [0.25, 0.3) is 0 Å². The lowest BCUT2D eigenvalue weighted by atomic mass is 10.0. The molecular formula is C10H10ClF2NO4. The maximum Gasteiger partial charge on any atom is 0.586 e. The number of hydrogen-bond donors (Lipinski definition) is 2. The Labute approximate surface area is 107 Å². The molecule has 0 saturated carbocycles. The van der Waals surface area contributed by atoms with E-state index in [1.165, 1.54) is 18.2 Å². The monoisotopic (exact) mass is 281 g/mol. The van der Waals surface area contributed by atoms with Crippen molar-refractivity contribution < 1.29 is 28.2 Å². The molecule has 18 heavy (non-hydrogen) atoms. The Morgan fingerprint density at radius 1 is 1.39 bits per heavy atom. The van der Waals surface area contributed by atoms with Crippen LogP contribution in [-0.4, -0.2) is 17.4 Å². The first kappa shape index (κ1) is 14.5. The lowest BCUT2D eigenvalue weighted by Crippen LogP contribution is -2.25. The Kier molecular flexibility index (Phi) is 3.98. The molecule has 1 aliphatic rings. The van der Waals surface area contributed by atoms with Crippen LogP contribution in [0.1, 0.15) is 18.0 Å². The topological polar surface area (TPSA) is 81.8 Å². The lowest BCUT2D eigenvalue weighted by molar-refractivity contribution is -0.286. The Bertz CT molecular complexity index is 469. The number of benzene rings is 1. The summed E-state index contributed by atoms with van der Waals surface area (Å²) in [5.74, 6) is -1.31. The minimum Gasteiger partial charge on any atom is -0.481 e. The maximum absolute atomic E-state index is 12.7. The number of halogens is 3. The van der Waals surface area contributed by atoms with Crippen LogP contribution in [0.25, 0.3) is 0 Å². The molecule has 0 fully saturated rings. The van der Waals surface area contributed by atoms with Crippen molar-refractivity contribution in [3.8, 4) is 11.5 Å². The van der Waals surface area contributed by atoms with Gasteiger partial charge >= 0.3 is 12.3 Å². The molecule has 1 unspecified atom stereocenters. The van der Waals surface area contributed by atoms with Crippen molar-refractivity contribution in [2.45, 2.75) is 18.8 Å². The van der Waals surface area contributed by atoms with Gasteiger partial charge in [0, 0.05) is 6.04 Å². The minimum atomic E-state index is -3.68. The van der Waals surface area contributed by atoms with E-state index in [-0.39, 0.29) is 30.3 Å². The zero-order chi connectivity index (χ0) is 12.6. The van der Waals surface area contributed by atoms with E-state index in [0.717, 1.165) is 0 Å². The molecule has 1 heterocycles. The van der Waals surface area contributed by atoms with Gasteiger partial charge in [-0.3, -0.25) is 4.79 Å². The summed E-state index contributed by atoms with van der Waals surface area (Å²) in [7, 11) is 0. The number of aliphatic carboxylic acids is 1. The van der Waals surface area contributed by atoms with Crippen molar-refractivity contribution in [1.82, 2.24) is 0 Å². The van der Waals surface area contributed by atoms with Gasteiger partial charge in [-0.1, -0.05) is 6.07 Å². The van der Waals surface area contributed by atoms with Gasteiger partial charge in [-0.25, -0.2) is 0 Å². The fourth-order valence-electron chi connectivity index (χ4n) is 1.50. The fourth-order valence-corrected chi connectivity index (χ4v) is 1.50. The Morgan fingerprint density at radius 3 is 2.61 bits per heavy atom. The minimum absolute atomic E-state index is 0. The summed E-state index contributed by atoms with van der Waals surface area (Å²) in [6.07, 6.45) is -3.98. The highest BCUT2D eigenvalue weighted by Crippen LogP contribution is 2.41. The van der Waals surface area contributed by atoms with E-state index in [1.54, 1.807) is 0 Å². The van der Waals surface area contributed by atoms with Crippen LogP contribution in [-0.2, 0) is 4.79 Å². The number of carbonyl (C=O) groups is 1. The van der Waals surface area contributed by atoms with Crippen molar-refractivity contribution in [1.29, 1.82) is 0 Å². The van der Waals surface area contributed by atoms with Crippen LogP contribution in [0.5, 0.6) is 11.5 Å². The van der Waals surface area contributed by atoms with Crippen LogP contribution in [0.2, 0.25) is 0 Å². The van der Waals surface area contributed by atoms with E-state index in [9.17, 15) is 13.6 Å². The number of rotatable bonds is 3. The quantitative estimate of drug-likeness (QED) is 0.884. The smallest absolute Gasteiger partial charge is 0.481 e. The third-order valence-corrected chi connectivity index (χ3v) is 2.25. The van der Waals surface area contributed by atoms with Crippen LogP contribution >= 0.6 is 12.4 Å². The Balaban J connectivity index is 0.00000162. The summed E-state index contributed by atoms with van der Waals surface area (Å²) in [6, 6.07) is 3.17. The molecule has 0 radical (unpaired) electrons. The molecule has 0 saturated heterocycles. The number of hydrogen-bond acceptors (Lipinski definition) is 4. The van der Waals surface area contributed by atoms with Crippen molar-refractivity contribution in [3.63, 3.8) is 0 Å². The molecular weight excluding hydrogens is 272 g/mol. The third kappa shape index (κ3) is 2.99. The van der Waals surface area contributed by atoms with Crippen molar-refractivity contribution >= 4 is 18.4 Å². The number of fused-ring (bicyclic) bond motifs is 1. The van der Waals surface area contributed by atoms with Crippen molar-refractivity contribution in [3.05, 3.63) is 23.8 Å². The van der Waals surface area contributed by atoms with Crippen LogP contribution in [0, 0.1) is 0 Å². The van der Waals surface area contributed by atoms with Crippen LogP contribution in [0.15, 0.2) is 18.2 Å². The average Bonchev–Trinajstić information content (AvgIpc) is 2.48. The van der Waals surface area contributed by atoms with Crippen LogP contribution in [0.3, 0.4) is 0 Å². The molecule has 3 N–H and O–H groups in total. The number of nitrogens with two attached hydrogens (primary N) is 1. The van der Waals surface area contributed by atoms with Gasteiger partial charge in [0.2, 0.25) is 0 Å². The average molecular weight is 282 g/mol. The fraction of sp³-hybridized carbons (Fsp3) is 0.300. The van der Waals surface area contributed by atoms with Gasteiger partial charge in [-0.2, -0.15) is 0 Å². The predicted molar refractivity (Wildman–Crippen MR) is 59.1 cm³/mol. The zero-order valence-electron chi connectivity index (χ0n) is 8.93. The molecule has 100 valence electrons. The van der Waals surface area contributed by atoms with E-state index >= 15 is 0 Å². The molecule has 0 amide bonds. The number of carboxylic acid groups (broad SMARTS) is 1. The van der Waals surface area contributed by atoms with Gasteiger partial charge in [0.05, 0.1) is 6.42 Å².